The highest BCUT2D eigenvalue weighted by Gasteiger charge is 2.24. The van der Waals surface area contributed by atoms with Crippen molar-refractivity contribution in [3.8, 4) is 0 Å². The van der Waals surface area contributed by atoms with E-state index >= 15 is 0 Å². The summed E-state index contributed by atoms with van der Waals surface area (Å²) in [4.78, 5) is 22.0. The molecule has 0 aromatic heterocycles. The van der Waals surface area contributed by atoms with E-state index in [1.54, 1.807) is 0 Å². The zero-order chi connectivity index (χ0) is 8.97. The average molecular weight is 169 g/mol. The van der Waals surface area contributed by atoms with Crippen LogP contribution in [0.25, 0.3) is 0 Å². The minimum Gasteiger partial charge on any atom is -0.320 e. The summed E-state index contributed by atoms with van der Waals surface area (Å²) in [5, 5.41) is 3.02. The van der Waals surface area contributed by atoms with Crippen LogP contribution in [0.3, 0.4) is 0 Å². The van der Waals surface area contributed by atoms with E-state index in [1.165, 1.54) is 0 Å². The Balaban J connectivity index is 2.34. The summed E-state index contributed by atoms with van der Waals surface area (Å²) in [5.74, 6) is 0.533. The lowest BCUT2D eigenvalue weighted by molar-refractivity contribution is -0.131. The second-order valence-electron chi connectivity index (χ2n) is 3.42. The smallest absolute Gasteiger partial charge is 0.140 e. The number of rotatable bonds is 3. The first-order valence-electron chi connectivity index (χ1n) is 4.40. The molecule has 0 aliphatic heterocycles. The number of Topliss-reactive ketones (excluding diaryl/α,β-unsaturated/α-hetero) is 2. The van der Waals surface area contributed by atoms with Crippen LogP contribution < -0.4 is 5.32 Å². The molecule has 0 heterocycles. The number of hydrogen-bond acceptors (Lipinski definition) is 3. The largest absolute Gasteiger partial charge is 0.320 e. The predicted molar refractivity (Wildman–Crippen MR) is 45.9 cm³/mol. The molecule has 0 amide bonds. The highest BCUT2D eigenvalue weighted by Crippen LogP contribution is 2.21. The van der Waals surface area contributed by atoms with Gasteiger partial charge in [0.1, 0.15) is 11.6 Å². The summed E-state index contributed by atoms with van der Waals surface area (Å²) in [5.41, 5.74) is 0. The molecule has 0 aromatic carbocycles. The Hall–Kier alpha value is -0.700. The molecule has 0 spiro atoms. The van der Waals surface area contributed by atoms with E-state index < -0.39 is 0 Å². The predicted octanol–water partition coefficient (Wildman–Crippen LogP) is 0.534. The van der Waals surface area contributed by atoms with E-state index in [9.17, 15) is 9.59 Å². The van der Waals surface area contributed by atoms with Gasteiger partial charge in [0.05, 0.1) is 6.42 Å². The molecule has 1 aliphatic carbocycles. The molecule has 1 aliphatic rings. The zero-order valence-corrected chi connectivity index (χ0v) is 7.43. The van der Waals surface area contributed by atoms with E-state index in [4.69, 9.17) is 0 Å². The van der Waals surface area contributed by atoms with Crippen LogP contribution in [0.2, 0.25) is 0 Å². The van der Waals surface area contributed by atoms with Crippen molar-refractivity contribution < 1.29 is 9.59 Å². The summed E-state index contributed by atoms with van der Waals surface area (Å²) in [6, 6.07) is 0. The summed E-state index contributed by atoms with van der Waals surface area (Å²) in [7, 11) is 1.88. The monoisotopic (exact) mass is 169 g/mol. The topological polar surface area (TPSA) is 46.2 Å². The van der Waals surface area contributed by atoms with Gasteiger partial charge in [-0.05, 0) is 25.9 Å². The van der Waals surface area contributed by atoms with Gasteiger partial charge in [0.15, 0.2) is 0 Å². The molecule has 0 atom stereocenters. The Morgan fingerprint density at radius 1 is 1.33 bits per heavy atom. The molecule has 1 saturated carbocycles. The van der Waals surface area contributed by atoms with Crippen molar-refractivity contribution >= 4 is 11.6 Å². The van der Waals surface area contributed by atoms with E-state index in [0.717, 1.165) is 13.0 Å². The van der Waals surface area contributed by atoms with Crippen LogP contribution in [-0.2, 0) is 9.59 Å². The third-order valence-corrected chi connectivity index (χ3v) is 2.23. The van der Waals surface area contributed by atoms with Crippen molar-refractivity contribution in [2.75, 3.05) is 13.6 Å². The number of hydrogen-bond donors (Lipinski definition) is 1. The normalized spacial score (nSPS) is 20.1. The molecule has 1 rings (SSSR count). The molecule has 1 N–H and O–H groups in total. The maximum atomic E-state index is 11.0. The van der Waals surface area contributed by atoms with E-state index in [-0.39, 0.29) is 18.0 Å². The van der Waals surface area contributed by atoms with Crippen LogP contribution >= 0.6 is 0 Å². The Labute approximate surface area is 72.5 Å². The van der Waals surface area contributed by atoms with Gasteiger partial charge in [0.25, 0.3) is 0 Å². The molecule has 68 valence electrons. The molecule has 0 bridgehead atoms. The van der Waals surface area contributed by atoms with Crippen molar-refractivity contribution in [2.24, 2.45) is 5.92 Å². The third-order valence-electron chi connectivity index (χ3n) is 2.23. The van der Waals surface area contributed by atoms with Crippen LogP contribution in [0.5, 0.6) is 0 Å². The van der Waals surface area contributed by atoms with Gasteiger partial charge in [-0.25, -0.2) is 0 Å². The van der Waals surface area contributed by atoms with Crippen LogP contribution in [0.15, 0.2) is 0 Å². The molecule has 0 radical (unpaired) electrons. The Morgan fingerprint density at radius 3 is 2.42 bits per heavy atom. The van der Waals surface area contributed by atoms with E-state index in [1.807, 2.05) is 7.05 Å². The van der Waals surface area contributed by atoms with Gasteiger partial charge in [-0.2, -0.15) is 0 Å². The first kappa shape index (κ1) is 9.39. The fourth-order valence-corrected chi connectivity index (χ4v) is 1.63. The van der Waals surface area contributed by atoms with E-state index in [2.05, 4.69) is 5.32 Å². The number of carbonyl (C=O) groups excluding carboxylic acids is 2. The highest BCUT2D eigenvalue weighted by atomic mass is 16.1. The van der Waals surface area contributed by atoms with Gasteiger partial charge in [0, 0.05) is 12.8 Å². The SMILES string of the molecule is CNCCC1CC(=O)CC(=O)C1. The van der Waals surface area contributed by atoms with Crippen LogP contribution in [0.1, 0.15) is 25.7 Å². The Bertz CT molecular complexity index is 173. The lowest BCUT2D eigenvalue weighted by Crippen LogP contribution is -2.25. The van der Waals surface area contributed by atoms with Crippen LogP contribution in [0, 0.1) is 5.92 Å². The first-order chi connectivity index (χ1) is 5.72. The molecule has 1 fully saturated rings. The molecule has 0 unspecified atom stereocenters. The fraction of sp³-hybridized carbons (Fsp3) is 0.778. The van der Waals surface area contributed by atoms with Gasteiger partial charge in [0.2, 0.25) is 0 Å². The molecule has 0 aromatic rings. The second-order valence-corrected chi connectivity index (χ2v) is 3.42. The van der Waals surface area contributed by atoms with Crippen molar-refractivity contribution in [1.29, 1.82) is 0 Å². The van der Waals surface area contributed by atoms with Gasteiger partial charge in [-0.1, -0.05) is 0 Å². The average Bonchev–Trinajstić information content (AvgIpc) is 1.99. The zero-order valence-electron chi connectivity index (χ0n) is 7.43. The minimum absolute atomic E-state index is 0.118. The standard InChI is InChI=1S/C9H15NO2/c1-10-3-2-7-4-8(11)6-9(12)5-7/h7,10H,2-6H2,1H3. The summed E-state index contributed by atoms with van der Waals surface area (Å²) >= 11 is 0. The fourth-order valence-electron chi connectivity index (χ4n) is 1.63. The van der Waals surface area contributed by atoms with Crippen molar-refractivity contribution in [1.82, 2.24) is 5.32 Å². The number of ketones is 2. The van der Waals surface area contributed by atoms with E-state index in [0.29, 0.717) is 18.8 Å². The van der Waals surface area contributed by atoms with Crippen molar-refractivity contribution in [3.63, 3.8) is 0 Å². The van der Waals surface area contributed by atoms with Crippen molar-refractivity contribution in [3.05, 3.63) is 0 Å². The molecule has 12 heavy (non-hydrogen) atoms. The van der Waals surface area contributed by atoms with Gasteiger partial charge in [-0.15, -0.1) is 0 Å². The maximum Gasteiger partial charge on any atom is 0.140 e. The summed E-state index contributed by atoms with van der Waals surface area (Å²) < 4.78 is 0. The first-order valence-corrected chi connectivity index (χ1v) is 4.40. The summed E-state index contributed by atoms with van der Waals surface area (Å²) in [6.45, 7) is 0.894. The Morgan fingerprint density at radius 2 is 1.92 bits per heavy atom. The van der Waals surface area contributed by atoms with Crippen molar-refractivity contribution in [2.45, 2.75) is 25.7 Å². The van der Waals surface area contributed by atoms with Gasteiger partial charge >= 0.3 is 0 Å². The van der Waals surface area contributed by atoms with Gasteiger partial charge < -0.3 is 5.32 Å². The molecule has 3 heteroatoms. The number of carbonyl (C=O) groups is 2. The van der Waals surface area contributed by atoms with Crippen LogP contribution in [0.4, 0.5) is 0 Å². The third kappa shape index (κ3) is 2.74. The Kier molecular flexibility index (Phi) is 3.41. The molecule has 0 saturated heterocycles. The summed E-state index contributed by atoms with van der Waals surface area (Å²) in [6.07, 6.45) is 2.32. The molecular formula is C9H15NO2. The lowest BCUT2D eigenvalue weighted by atomic mass is 9.85. The number of nitrogens with one attached hydrogen (secondary N) is 1. The maximum absolute atomic E-state index is 11.0. The van der Waals surface area contributed by atoms with Gasteiger partial charge in [-0.3, -0.25) is 9.59 Å². The second kappa shape index (κ2) is 4.36. The molecular weight excluding hydrogens is 154 g/mol. The van der Waals surface area contributed by atoms with Crippen LogP contribution in [-0.4, -0.2) is 25.2 Å². The molecule has 3 nitrogen and oxygen atoms in total. The highest BCUT2D eigenvalue weighted by molar-refractivity contribution is 6.01. The minimum atomic E-state index is 0.118. The quantitative estimate of drug-likeness (QED) is 0.627. The lowest BCUT2D eigenvalue weighted by Gasteiger charge is -2.19.